The maximum Gasteiger partial charge on any atom is 0.217 e. The lowest BCUT2D eigenvalue weighted by atomic mass is 9.93. The first-order chi connectivity index (χ1) is 8.37. The highest BCUT2D eigenvalue weighted by atomic mass is 32.2. The van der Waals surface area contributed by atoms with Gasteiger partial charge in [-0.25, -0.2) is 0 Å². The topological polar surface area (TPSA) is 46.3 Å². The highest BCUT2D eigenvalue weighted by molar-refractivity contribution is 8.00. The molecule has 1 atom stereocenters. The molecule has 1 aliphatic heterocycles. The second-order valence-corrected chi connectivity index (χ2v) is 8.20. The molecular weight excluding hydrogens is 244 g/mol. The number of nitrogens with two attached hydrogens (primary N) is 1. The molecule has 1 fully saturated rings. The second kappa shape index (κ2) is 7.39. The minimum absolute atomic E-state index is 0.157. The highest BCUT2D eigenvalue weighted by Gasteiger charge is 2.20. The molecular formula is C14H28N2OS. The molecule has 0 aliphatic carbocycles. The van der Waals surface area contributed by atoms with Gasteiger partial charge in [0.1, 0.15) is 0 Å². The smallest absolute Gasteiger partial charge is 0.217 e. The van der Waals surface area contributed by atoms with Crippen LogP contribution in [-0.2, 0) is 4.79 Å². The summed E-state index contributed by atoms with van der Waals surface area (Å²) in [4.78, 5) is 13.4. The maximum absolute atomic E-state index is 10.8. The normalized spacial score (nSPS) is 22.1. The van der Waals surface area contributed by atoms with Crippen LogP contribution in [0, 0.1) is 5.92 Å². The van der Waals surface area contributed by atoms with Crippen molar-refractivity contribution in [1.82, 2.24) is 4.90 Å². The Morgan fingerprint density at radius 3 is 2.78 bits per heavy atom. The molecule has 1 aliphatic rings. The van der Waals surface area contributed by atoms with Gasteiger partial charge in [0.05, 0.1) is 0 Å². The van der Waals surface area contributed by atoms with Gasteiger partial charge in [-0.1, -0.05) is 20.8 Å². The van der Waals surface area contributed by atoms with Gasteiger partial charge in [-0.15, -0.1) is 0 Å². The maximum atomic E-state index is 10.8. The standard InChI is InChI=1S/C14H28N2OS/c1-14(2,3)18-10-9-16-8-4-5-12(11-16)6-7-13(15)17/h12H,4-11H2,1-3H3,(H2,15,17). The van der Waals surface area contributed by atoms with Gasteiger partial charge in [-0.3, -0.25) is 4.79 Å². The van der Waals surface area contributed by atoms with Crippen molar-refractivity contribution in [3.8, 4) is 0 Å². The van der Waals surface area contributed by atoms with Crippen LogP contribution in [0.4, 0.5) is 0 Å². The number of thioether (sulfide) groups is 1. The van der Waals surface area contributed by atoms with Crippen LogP contribution >= 0.6 is 11.8 Å². The molecule has 4 heteroatoms. The van der Waals surface area contributed by atoms with Crippen LogP contribution in [0.3, 0.4) is 0 Å². The number of nitrogens with zero attached hydrogens (tertiary/aromatic N) is 1. The van der Waals surface area contributed by atoms with E-state index in [1.54, 1.807) is 0 Å². The van der Waals surface area contributed by atoms with Gasteiger partial charge in [-0.05, 0) is 31.7 Å². The van der Waals surface area contributed by atoms with E-state index in [1.165, 1.54) is 31.7 Å². The van der Waals surface area contributed by atoms with Crippen LogP contribution in [0.2, 0.25) is 0 Å². The fourth-order valence-electron chi connectivity index (χ4n) is 2.42. The molecule has 1 unspecified atom stereocenters. The molecule has 18 heavy (non-hydrogen) atoms. The van der Waals surface area contributed by atoms with E-state index in [1.807, 2.05) is 11.8 Å². The number of carbonyl (C=O) groups excluding carboxylic acids is 1. The minimum Gasteiger partial charge on any atom is -0.370 e. The van der Waals surface area contributed by atoms with E-state index < -0.39 is 0 Å². The predicted molar refractivity (Wildman–Crippen MR) is 79.8 cm³/mol. The van der Waals surface area contributed by atoms with Gasteiger partial charge in [-0.2, -0.15) is 11.8 Å². The fraction of sp³-hybridized carbons (Fsp3) is 0.929. The molecule has 3 nitrogen and oxygen atoms in total. The molecule has 106 valence electrons. The van der Waals surface area contributed by atoms with E-state index in [9.17, 15) is 4.79 Å². The zero-order valence-electron chi connectivity index (χ0n) is 12.1. The van der Waals surface area contributed by atoms with Gasteiger partial charge in [0.15, 0.2) is 0 Å². The lowest BCUT2D eigenvalue weighted by Gasteiger charge is -2.33. The number of rotatable bonds is 6. The number of piperidine rings is 1. The summed E-state index contributed by atoms with van der Waals surface area (Å²) >= 11 is 2.03. The van der Waals surface area contributed by atoms with Gasteiger partial charge in [0.25, 0.3) is 0 Å². The Bertz CT molecular complexity index is 263. The Morgan fingerprint density at radius 1 is 1.44 bits per heavy atom. The zero-order valence-corrected chi connectivity index (χ0v) is 12.9. The molecule has 0 aromatic heterocycles. The number of hydrogen-bond acceptors (Lipinski definition) is 3. The average molecular weight is 272 g/mol. The van der Waals surface area contributed by atoms with E-state index in [0.717, 1.165) is 13.0 Å². The third-order valence-corrected chi connectivity index (χ3v) is 4.60. The van der Waals surface area contributed by atoms with Crippen molar-refractivity contribution in [2.24, 2.45) is 11.7 Å². The van der Waals surface area contributed by atoms with E-state index in [2.05, 4.69) is 25.7 Å². The van der Waals surface area contributed by atoms with Crippen molar-refractivity contribution in [2.45, 2.75) is 51.2 Å². The number of amides is 1. The number of likely N-dealkylation sites (tertiary alicyclic amines) is 1. The lowest BCUT2D eigenvalue weighted by molar-refractivity contribution is -0.118. The summed E-state index contributed by atoms with van der Waals surface area (Å²) in [5.41, 5.74) is 5.22. The third kappa shape index (κ3) is 7.27. The summed E-state index contributed by atoms with van der Waals surface area (Å²) in [6, 6.07) is 0. The van der Waals surface area contributed by atoms with Crippen LogP contribution in [0.5, 0.6) is 0 Å². The van der Waals surface area contributed by atoms with Gasteiger partial charge < -0.3 is 10.6 Å². The molecule has 1 heterocycles. The first-order valence-electron chi connectivity index (χ1n) is 7.01. The summed E-state index contributed by atoms with van der Waals surface area (Å²) in [5.74, 6) is 1.72. The van der Waals surface area contributed by atoms with Crippen LogP contribution in [0.15, 0.2) is 0 Å². The highest BCUT2D eigenvalue weighted by Crippen LogP contribution is 2.25. The Hall–Kier alpha value is -0.220. The molecule has 1 rings (SSSR count). The van der Waals surface area contributed by atoms with Crippen molar-refractivity contribution < 1.29 is 4.79 Å². The molecule has 0 spiro atoms. The summed E-state index contributed by atoms with van der Waals surface area (Å²) in [6.07, 6.45) is 4.05. The second-order valence-electron chi connectivity index (χ2n) is 6.27. The quantitative estimate of drug-likeness (QED) is 0.808. The van der Waals surface area contributed by atoms with Crippen LogP contribution < -0.4 is 5.73 Å². The van der Waals surface area contributed by atoms with E-state index in [0.29, 0.717) is 17.1 Å². The van der Waals surface area contributed by atoms with Gasteiger partial charge in [0, 0.05) is 30.0 Å². The number of hydrogen-bond donors (Lipinski definition) is 1. The van der Waals surface area contributed by atoms with Crippen molar-refractivity contribution in [3.63, 3.8) is 0 Å². The molecule has 0 aromatic carbocycles. The molecule has 1 saturated heterocycles. The van der Waals surface area contributed by atoms with Crippen molar-refractivity contribution >= 4 is 17.7 Å². The van der Waals surface area contributed by atoms with E-state index in [4.69, 9.17) is 5.73 Å². The summed E-state index contributed by atoms with van der Waals surface area (Å²) in [6.45, 7) is 10.3. The Kier molecular flexibility index (Phi) is 6.50. The van der Waals surface area contributed by atoms with E-state index in [-0.39, 0.29) is 5.91 Å². The molecule has 0 saturated carbocycles. The Labute approximate surface area is 116 Å². The summed E-state index contributed by atoms with van der Waals surface area (Å²) < 4.78 is 0.362. The first-order valence-corrected chi connectivity index (χ1v) is 8.00. The fourth-order valence-corrected chi connectivity index (χ4v) is 3.38. The molecule has 0 bridgehead atoms. The number of primary amides is 1. The minimum atomic E-state index is -0.157. The van der Waals surface area contributed by atoms with Crippen molar-refractivity contribution in [2.75, 3.05) is 25.4 Å². The molecule has 2 N–H and O–H groups in total. The Balaban J connectivity index is 2.20. The SMILES string of the molecule is CC(C)(C)SCCN1CCCC(CCC(N)=O)C1. The largest absolute Gasteiger partial charge is 0.370 e. The Morgan fingerprint density at radius 2 is 2.17 bits per heavy atom. The summed E-state index contributed by atoms with van der Waals surface area (Å²) in [5, 5.41) is 0. The molecule has 1 amide bonds. The molecule has 0 aromatic rings. The first kappa shape index (κ1) is 15.8. The zero-order chi connectivity index (χ0) is 13.6. The van der Waals surface area contributed by atoms with Crippen LogP contribution in [-0.4, -0.2) is 40.9 Å². The number of carbonyl (C=O) groups is 1. The van der Waals surface area contributed by atoms with Crippen LogP contribution in [0.25, 0.3) is 0 Å². The van der Waals surface area contributed by atoms with Crippen LogP contribution in [0.1, 0.15) is 46.5 Å². The lowest BCUT2D eigenvalue weighted by Crippen LogP contribution is -2.37. The van der Waals surface area contributed by atoms with Crippen molar-refractivity contribution in [3.05, 3.63) is 0 Å². The van der Waals surface area contributed by atoms with Gasteiger partial charge in [0.2, 0.25) is 5.91 Å². The molecule has 0 radical (unpaired) electrons. The summed E-state index contributed by atoms with van der Waals surface area (Å²) in [7, 11) is 0. The monoisotopic (exact) mass is 272 g/mol. The van der Waals surface area contributed by atoms with E-state index >= 15 is 0 Å². The van der Waals surface area contributed by atoms with Gasteiger partial charge >= 0.3 is 0 Å². The third-order valence-electron chi connectivity index (χ3n) is 3.34. The predicted octanol–water partition coefficient (Wildman–Crippen LogP) is 2.50. The van der Waals surface area contributed by atoms with Crippen molar-refractivity contribution in [1.29, 1.82) is 0 Å². The average Bonchev–Trinajstić information content (AvgIpc) is 2.25.